The molecule has 2 aromatic carbocycles. The van der Waals surface area contributed by atoms with Crippen molar-refractivity contribution in [3.63, 3.8) is 0 Å². The summed E-state index contributed by atoms with van der Waals surface area (Å²) in [5, 5.41) is 47.1. The van der Waals surface area contributed by atoms with E-state index in [1.807, 2.05) is 51.9 Å². The Hall–Kier alpha value is -5.33. The van der Waals surface area contributed by atoms with Crippen LogP contribution in [0.25, 0.3) is 28.2 Å². The number of unbranched alkanes of at least 4 members (excludes halogenated alkanes) is 9. The number of cyclic esters (lactones) is 1. The van der Waals surface area contributed by atoms with Crippen LogP contribution in [0.2, 0.25) is 0 Å². The molecule has 0 spiro atoms. The Bertz CT molecular complexity index is 3330. The lowest BCUT2D eigenvalue weighted by molar-refractivity contribution is -0.319. The van der Waals surface area contributed by atoms with Crippen molar-refractivity contribution in [2.75, 3.05) is 49.1 Å². The molecule has 0 saturated carbocycles. The first kappa shape index (κ1) is 86.3. The second-order valence-corrected chi connectivity index (χ2v) is 30.1. The molecule has 5 N–H and O–H groups in total. The molecule has 4 aliphatic heterocycles. The van der Waals surface area contributed by atoms with E-state index >= 15 is 0 Å². The number of hydrogen-bond donors (Lipinski definition) is 5. The fourth-order valence-electron chi connectivity index (χ4n) is 14.1. The van der Waals surface area contributed by atoms with E-state index in [9.17, 15) is 48.0 Å². The molecule has 18 atom stereocenters. The number of aliphatic hydroxyl groups is 4. The Balaban J connectivity index is 0.000000328. The van der Waals surface area contributed by atoms with Crippen LogP contribution in [0.5, 0.6) is 23.0 Å². The Morgan fingerprint density at radius 1 is 0.743 bits per heavy atom. The first-order valence-corrected chi connectivity index (χ1v) is 37.2. The monoisotopic (exact) mass is 1450 g/mol. The fourth-order valence-corrected chi connectivity index (χ4v) is 14.4. The third-order valence-corrected chi connectivity index (χ3v) is 20.5. The molecule has 0 amide bonds. The highest BCUT2D eigenvalue weighted by atomic mass is 32.3. The summed E-state index contributed by atoms with van der Waals surface area (Å²) in [7, 11) is 5.65. The van der Waals surface area contributed by atoms with E-state index in [4.69, 9.17) is 61.1 Å². The normalized spacial score (nSPS) is 31.6. The van der Waals surface area contributed by atoms with Crippen molar-refractivity contribution in [3.05, 3.63) is 52.4 Å². The van der Waals surface area contributed by atoms with Crippen LogP contribution in [0.4, 0.5) is 0 Å². The number of ether oxygens (including phenoxy) is 11. The summed E-state index contributed by atoms with van der Waals surface area (Å²) in [6.45, 7) is 24.2. The zero-order valence-electron chi connectivity index (χ0n) is 63.4. The lowest BCUT2D eigenvalue weighted by atomic mass is 9.74. The number of rotatable bonds is 25. The van der Waals surface area contributed by atoms with Crippen LogP contribution in [0, 0.1) is 23.7 Å². The Morgan fingerprint density at radius 2 is 1.35 bits per heavy atom. The smallest absolute Gasteiger partial charge is 0.397 e. The van der Waals surface area contributed by atoms with Gasteiger partial charge in [-0.3, -0.25) is 18.9 Å². The Morgan fingerprint density at radius 3 is 1.89 bits per heavy atom. The van der Waals surface area contributed by atoms with Crippen LogP contribution in [0.3, 0.4) is 0 Å². The van der Waals surface area contributed by atoms with Crippen molar-refractivity contribution in [3.8, 4) is 34.1 Å². The van der Waals surface area contributed by atoms with Crippen molar-refractivity contribution >= 4 is 45.2 Å². The topological polar surface area (TPSA) is 331 Å². The van der Waals surface area contributed by atoms with Gasteiger partial charge in [-0.15, -0.1) is 0 Å². The van der Waals surface area contributed by atoms with E-state index in [-0.39, 0.29) is 44.4 Å². The molecular formula is C75H119NO24S. The van der Waals surface area contributed by atoms with Gasteiger partial charge in [-0.05, 0) is 125 Å². The minimum absolute atomic E-state index is 0.0760. The zero-order chi connectivity index (χ0) is 75.7. The highest BCUT2D eigenvalue weighted by Gasteiger charge is 2.54. The molecule has 5 heterocycles. The van der Waals surface area contributed by atoms with Gasteiger partial charge in [-0.2, -0.15) is 8.42 Å². The number of ketones is 1. The number of carbonyl (C=O) groups is 3. The molecule has 0 aliphatic carbocycles. The van der Waals surface area contributed by atoms with Gasteiger partial charge in [-0.1, -0.05) is 111 Å². The van der Waals surface area contributed by atoms with Crippen LogP contribution >= 0.6 is 0 Å². The van der Waals surface area contributed by atoms with E-state index in [0.717, 1.165) is 18.4 Å². The predicted molar refractivity (Wildman–Crippen MR) is 381 cm³/mol. The number of fused-ring (bicyclic) bond motifs is 2. The number of aliphatic hydroxyl groups excluding tert-OH is 2. The number of carbonyl (C=O) groups excluding carboxylic acids is 3. The molecule has 3 aromatic rings. The van der Waals surface area contributed by atoms with Gasteiger partial charge in [0.2, 0.25) is 0 Å². The Kier molecular flexibility index (Phi) is 32.6. The molecule has 3 saturated heterocycles. The molecule has 3 fully saturated rings. The largest absolute Gasteiger partial charge is 0.497 e. The lowest BCUT2D eigenvalue weighted by Gasteiger charge is -2.49. The molecule has 25 nitrogen and oxygen atoms in total. The number of benzene rings is 2. The van der Waals surface area contributed by atoms with Gasteiger partial charge in [0, 0.05) is 43.8 Å². The minimum Gasteiger partial charge on any atom is -0.497 e. The number of methoxy groups -OCH3 is 4. The van der Waals surface area contributed by atoms with E-state index in [2.05, 4.69) is 11.1 Å². The molecule has 1 aromatic heterocycles. The summed E-state index contributed by atoms with van der Waals surface area (Å²) in [6, 6.07) is 8.52. The average molecular weight is 1450 g/mol. The van der Waals surface area contributed by atoms with Crippen molar-refractivity contribution in [2.24, 2.45) is 23.7 Å². The minimum atomic E-state index is -4.23. The summed E-state index contributed by atoms with van der Waals surface area (Å²) in [5.41, 5.74) is -3.81. The molecule has 0 bridgehead atoms. The van der Waals surface area contributed by atoms with Crippen LogP contribution in [-0.4, -0.2) is 195 Å². The van der Waals surface area contributed by atoms with E-state index < -0.39 is 135 Å². The van der Waals surface area contributed by atoms with E-state index in [0.29, 0.717) is 57.9 Å². The van der Waals surface area contributed by atoms with E-state index in [1.54, 1.807) is 93.0 Å². The summed E-state index contributed by atoms with van der Waals surface area (Å²) < 4.78 is 105. The molecule has 18 unspecified atom stereocenters. The summed E-state index contributed by atoms with van der Waals surface area (Å²) in [5.74, 6) is -3.40. The number of nitrogens with zero attached hydrogens (tertiary/aromatic N) is 1. The van der Waals surface area contributed by atoms with Crippen molar-refractivity contribution in [1.82, 2.24) is 4.90 Å². The maximum atomic E-state index is 14.2. The number of likely N-dealkylation sites (N-methyl/N-ethyl adjacent to an activating group) is 1. The Labute approximate surface area is 598 Å². The lowest BCUT2D eigenvalue weighted by Crippen LogP contribution is -2.61. The SMILES string of the molecule is CCC(=O)OC1C(OC2C(C)C(OC3CC(C)(OC)C(O)C(C)O3)C(C)C(=O)OC(CC)C(C)(O)C(O)C(C)C(=O)C(C)CC2(C)O)OC(C)CC1N(C)C.CCCCCCCCCCCCOS(=O)(=O)O.COc1ccc(-c2c(OC)c3c(OC)c4c(cc3oc2=O)OC(C)(C)C=C4)cc1. The van der Waals surface area contributed by atoms with Crippen LogP contribution in [0.1, 0.15) is 199 Å². The predicted octanol–water partition coefficient (Wildman–Crippen LogP) is 11.1. The maximum absolute atomic E-state index is 14.2. The average Bonchev–Trinajstić information content (AvgIpc) is 0.739. The maximum Gasteiger partial charge on any atom is 0.397 e. The first-order chi connectivity index (χ1) is 47.3. The van der Waals surface area contributed by atoms with Crippen LogP contribution in [0.15, 0.2) is 45.6 Å². The van der Waals surface area contributed by atoms with Gasteiger partial charge in [0.15, 0.2) is 18.7 Å². The molecule has 26 heteroatoms. The van der Waals surface area contributed by atoms with Gasteiger partial charge < -0.3 is 81.8 Å². The van der Waals surface area contributed by atoms with Crippen molar-refractivity contribution < 1.29 is 108 Å². The zero-order valence-corrected chi connectivity index (χ0v) is 64.2. The third kappa shape index (κ3) is 22.8. The molecule has 7 rings (SSSR count). The summed E-state index contributed by atoms with van der Waals surface area (Å²) in [6.07, 6.45) is 6.08. The van der Waals surface area contributed by atoms with Crippen molar-refractivity contribution in [1.29, 1.82) is 0 Å². The number of esters is 2. The van der Waals surface area contributed by atoms with E-state index in [1.165, 1.54) is 79.9 Å². The van der Waals surface area contributed by atoms with Crippen LogP contribution < -0.4 is 24.6 Å². The van der Waals surface area contributed by atoms with Gasteiger partial charge >= 0.3 is 28.0 Å². The molecule has 574 valence electrons. The van der Waals surface area contributed by atoms with Gasteiger partial charge in [0.1, 0.15) is 68.7 Å². The first-order valence-electron chi connectivity index (χ1n) is 35.8. The quantitative estimate of drug-likeness (QED) is 0.0228. The summed E-state index contributed by atoms with van der Waals surface area (Å²) >= 11 is 0. The highest BCUT2D eigenvalue weighted by molar-refractivity contribution is 7.80. The van der Waals surface area contributed by atoms with Gasteiger partial charge in [-0.25, -0.2) is 8.98 Å². The molecule has 0 radical (unpaired) electrons. The molecule has 101 heavy (non-hydrogen) atoms. The highest BCUT2D eigenvalue weighted by Crippen LogP contribution is 2.48. The second-order valence-electron chi connectivity index (χ2n) is 29.0. The van der Waals surface area contributed by atoms with Gasteiger partial charge in [0.25, 0.3) is 0 Å². The standard InChI is InChI=1S/C40H71NO14.C23H22O6.C12H26O4S/c1-15-27-40(11,48)33(44)22(5)30(43)20(3)18-38(9,47)35(55-37-32(53-28(42)16-2)26(41(12)13)17-21(4)50-37)23(6)31(24(7)36(46)52-27)54-29-19-39(10,49-14)34(45)25(8)51-29;1-23(2)11-10-15-16(29-23)12-17-19(20(15)26-4)21(27-5)18(22(24)28-17)13-6-8-14(25-3)9-7-13;1-2-3-4-5-6-7-8-9-10-11-12-16-17(13,14)15/h20-27,29,31-35,37,44-45,47-48H,15-19H2,1-14H3;6-12H,1-5H3;2-12H2,1H3,(H,13,14,15). The fraction of sp³-hybridized carbons (Fsp3) is 0.733. The summed E-state index contributed by atoms with van der Waals surface area (Å²) in [4.78, 5) is 55.8. The molecule has 4 aliphatic rings. The van der Waals surface area contributed by atoms with Crippen molar-refractivity contribution in [2.45, 2.75) is 283 Å². The van der Waals surface area contributed by atoms with Crippen LogP contribution in [-0.2, 0) is 62.1 Å². The second kappa shape index (κ2) is 38.1. The molecular weight excluding hydrogens is 1330 g/mol. The third-order valence-electron chi connectivity index (χ3n) is 20.0. The number of hydrogen-bond acceptors (Lipinski definition) is 24. The van der Waals surface area contributed by atoms with Gasteiger partial charge in [0.05, 0.1) is 87.2 Å². The number of Topliss-reactive ketones (excluding diaryl/α,β-unsaturated/α-hetero) is 1.